The fourth-order valence-electron chi connectivity index (χ4n) is 4.66. The van der Waals surface area contributed by atoms with Crippen molar-refractivity contribution in [1.82, 2.24) is 0 Å². The first-order valence-corrected chi connectivity index (χ1v) is 10.2. The van der Waals surface area contributed by atoms with Gasteiger partial charge in [0, 0.05) is 0 Å². The summed E-state index contributed by atoms with van der Waals surface area (Å²) in [5.41, 5.74) is 0. The van der Waals surface area contributed by atoms with Crippen LogP contribution in [-0.2, 0) is 0 Å². The first-order valence-electron chi connectivity index (χ1n) is 10.2. The van der Waals surface area contributed by atoms with Gasteiger partial charge in [-0.2, -0.15) is 0 Å². The standard InChI is InChI=1S/C15H28.C6H12/c1-12-3-7-14(8-4-12)11-15-9-5-13(2)6-10-15;1-2-4-6-5-3-1/h12-15H,3-11H2,1-2H3;1-6H2. The van der Waals surface area contributed by atoms with E-state index in [0.29, 0.717) is 0 Å². The van der Waals surface area contributed by atoms with E-state index in [1.54, 1.807) is 6.42 Å². The topological polar surface area (TPSA) is 0 Å². The van der Waals surface area contributed by atoms with Crippen LogP contribution in [0.1, 0.15) is 110 Å². The van der Waals surface area contributed by atoms with E-state index < -0.39 is 0 Å². The van der Waals surface area contributed by atoms with E-state index in [0.717, 1.165) is 23.7 Å². The molecule has 0 nitrogen and oxygen atoms in total. The highest BCUT2D eigenvalue weighted by Crippen LogP contribution is 2.37. The Morgan fingerprint density at radius 2 is 0.762 bits per heavy atom. The van der Waals surface area contributed by atoms with Crippen molar-refractivity contribution < 1.29 is 0 Å². The van der Waals surface area contributed by atoms with Crippen molar-refractivity contribution in [1.29, 1.82) is 0 Å². The second kappa shape index (κ2) is 9.90. The summed E-state index contributed by atoms with van der Waals surface area (Å²) in [4.78, 5) is 0. The Balaban J connectivity index is 0.000000225. The molecular weight excluding hydrogens is 252 g/mol. The zero-order chi connectivity index (χ0) is 14.9. The molecule has 3 fully saturated rings. The molecule has 3 aliphatic rings. The van der Waals surface area contributed by atoms with Crippen LogP contribution in [0.25, 0.3) is 0 Å². The van der Waals surface area contributed by atoms with E-state index in [2.05, 4.69) is 13.8 Å². The van der Waals surface area contributed by atoms with Gasteiger partial charge >= 0.3 is 0 Å². The average Bonchev–Trinajstić information content (AvgIpc) is 2.54. The van der Waals surface area contributed by atoms with Crippen LogP contribution < -0.4 is 0 Å². The smallest absolute Gasteiger partial charge is 0.0411 e. The summed E-state index contributed by atoms with van der Waals surface area (Å²) >= 11 is 0. The van der Waals surface area contributed by atoms with Crippen molar-refractivity contribution in [3.63, 3.8) is 0 Å². The Morgan fingerprint density at radius 3 is 1.05 bits per heavy atom. The Kier molecular flexibility index (Phi) is 8.19. The summed E-state index contributed by atoms with van der Waals surface area (Å²) in [5.74, 6) is 4.24. The van der Waals surface area contributed by atoms with Crippen LogP contribution in [0.5, 0.6) is 0 Å². The number of rotatable bonds is 2. The predicted octanol–water partition coefficient (Wildman–Crippen LogP) is 7.37. The molecular formula is C21H40. The van der Waals surface area contributed by atoms with Crippen LogP contribution in [0, 0.1) is 23.7 Å². The van der Waals surface area contributed by atoms with E-state index in [9.17, 15) is 0 Å². The van der Waals surface area contributed by atoms with Gasteiger partial charge in [0.25, 0.3) is 0 Å². The largest absolute Gasteiger partial charge is 0.0625 e. The third-order valence-electron chi connectivity index (χ3n) is 6.44. The van der Waals surface area contributed by atoms with Crippen LogP contribution in [0.4, 0.5) is 0 Å². The van der Waals surface area contributed by atoms with Crippen LogP contribution in [0.15, 0.2) is 0 Å². The zero-order valence-electron chi connectivity index (χ0n) is 14.9. The molecule has 0 saturated heterocycles. The predicted molar refractivity (Wildman–Crippen MR) is 94.6 cm³/mol. The first-order chi connectivity index (χ1) is 10.2. The van der Waals surface area contributed by atoms with Crippen molar-refractivity contribution in [3.8, 4) is 0 Å². The first kappa shape index (κ1) is 17.4. The van der Waals surface area contributed by atoms with Gasteiger partial charge in [0.15, 0.2) is 0 Å². The number of hydrogen-bond acceptors (Lipinski definition) is 0. The highest BCUT2D eigenvalue weighted by atomic mass is 14.3. The van der Waals surface area contributed by atoms with Crippen molar-refractivity contribution in [2.45, 2.75) is 110 Å². The molecule has 0 unspecified atom stereocenters. The van der Waals surface area contributed by atoms with Crippen molar-refractivity contribution in [3.05, 3.63) is 0 Å². The fourth-order valence-corrected chi connectivity index (χ4v) is 4.66. The third kappa shape index (κ3) is 7.20. The second-order valence-corrected chi connectivity index (χ2v) is 8.61. The van der Waals surface area contributed by atoms with Crippen LogP contribution in [-0.4, -0.2) is 0 Å². The van der Waals surface area contributed by atoms with Crippen LogP contribution in [0.3, 0.4) is 0 Å². The van der Waals surface area contributed by atoms with Gasteiger partial charge < -0.3 is 0 Å². The molecule has 21 heavy (non-hydrogen) atoms. The molecule has 0 N–H and O–H groups in total. The van der Waals surface area contributed by atoms with E-state index in [4.69, 9.17) is 0 Å². The van der Waals surface area contributed by atoms with Gasteiger partial charge in [-0.3, -0.25) is 0 Å². The molecule has 0 bridgehead atoms. The van der Waals surface area contributed by atoms with Gasteiger partial charge in [-0.25, -0.2) is 0 Å². The lowest BCUT2D eigenvalue weighted by molar-refractivity contribution is 0.201. The minimum Gasteiger partial charge on any atom is -0.0625 e. The average molecular weight is 293 g/mol. The lowest BCUT2D eigenvalue weighted by atomic mass is 9.74. The molecule has 3 rings (SSSR count). The number of hydrogen-bond donors (Lipinski definition) is 0. The summed E-state index contributed by atoms with van der Waals surface area (Å²) in [6.07, 6.45) is 22.7. The molecule has 0 radical (unpaired) electrons. The molecule has 0 aromatic rings. The molecule has 3 saturated carbocycles. The van der Waals surface area contributed by atoms with Gasteiger partial charge in [0.1, 0.15) is 0 Å². The van der Waals surface area contributed by atoms with Crippen LogP contribution >= 0.6 is 0 Å². The molecule has 0 aliphatic heterocycles. The summed E-state index contributed by atoms with van der Waals surface area (Å²) in [7, 11) is 0. The molecule has 0 aromatic carbocycles. The Morgan fingerprint density at radius 1 is 0.476 bits per heavy atom. The SMILES string of the molecule is C1CCCCC1.CC1CCC(CC2CCC(C)CC2)CC1. The maximum atomic E-state index is 2.43. The quantitative estimate of drug-likeness (QED) is 0.498. The van der Waals surface area contributed by atoms with Gasteiger partial charge in [-0.1, -0.05) is 104 Å². The maximum Gasteiger partial charge on any atom is -0.0411 e. The van der Waals surface area contributed by atoms with E-state index in [-0.39, 0.29) is 0 Å². The Hall–Kier alpha value is 0. The molecule has 0 aromatic heterocycles. The lowest BCUT2D eigenvalue weighted by Gasteiger charge is -2.32. The van der Waals surface area contributed by atoms with Gasteiger partial charge in [-0.15, -0.1) is 0 Å². The molecule has 0 heteroatoms. The Labute approximate surface area is 134 Å². The molecule has 3 aliphatic carbocycles. The van der Waals surface area contributed by atoms with Gasteiger partial charge in [0.05, 0.1) is 0 Å². The van der Waals surface area contributed by atoms with E-state index in [1.807, 2.05) is 0 Å². The monoisotopic (exact) mass is 292 g/mol. The highest BCUT2D eigenvalue weighted by molar-refractivity contribution is 4.76. The second-order valence-electron chi connectivity index (χ2n) is 8.61. The van der Waals surface area contributed by atoms with Crippen molar-refractivity contribution in [2.75, 3.05) is 0 Å². The molecule has 0 heterocycles. The zero-order valence-corrected chi connectivity index (χ0v) is 14.9. The molecule has 124 valence electrons. The summed E-state index contributed by atoms with van der Waals surface area (Å²) in [6, 6.07) is 0. The van der Waals surface area contributed by atoms with Gasteiger partial charge in [0.2, 0.25) is 0 Å². The molecule has 0 spiro atoms. The molecule has 0 amide bonds. The maximum absolute atomic E-state index is 2.43. The highest BCUT2D eigenvalue weighted by Gasteiger charge is 2.24. The summed E-state index contributed by atoms with van der Waals surface area (Å²) in [5, 5.41) is 0. The fraction of sp³-hybridized carbons (Fsp3) is 1.00. The lowest BCUT2D eigenvalue weighted by Crippen LogP contribution is -2.19. The van der Waals surface area contributed by atoms with Crippen LogP contribution in [0.2, 0.25) is 0 Å². The Bertz CT molecular complexity index is 205. The van der Waals surface area contributed by atoms with E-state index >= 15 is 0 Å². The minimum atomic E-state index is 1.02. The van der Waals surface area contributed by atoms with Gasteiger partial charge in [-0.05, 0) is 30.1 Å². The van der Waals surface area contributed by atoms with Crippen molar-refractivity contribution >= 4 is 0 Å². The summed E-state index contributed by atoms with van der Waals surface area (Å²) in [6.45, 7) is 4.86. The van der Waals surface area contributed by atoms with Crippen molar-refractivity contribution in [2.24, 2.45) is 23.7 Å². The minimum absolute atomic E-state index is 1.02. The third-order valence-corrected chi connectivity index (χ3v) is 6.44. The summed E-state index contributed by atoms with van der Waals surface area (Å²) < 4.78 is 0. The normalized spacial score (nSPS) is 37.4. The van der Waals surface area contributed by atoms with E-state index in [1.165, 1.54) is 89.9 Å². The molecule has 0 atom stereocenters.